The van der Waals surface area contributed by atoms with E-state index in [0.717, 1.165) is 0 Å². The molecule has 0 fully saturated rings. The molecule has 1 N–H and O–H groups in total. The first kappa shape index (κ1) is 45.0. The molecule has 3 rings (SSSR count). The Morgan fingerprint density at radius 1 is 0.521 bits per heavy atom. The van der Waals surface area contributed by atoms with Gasteiger partial charge in [0.05, 0.1) is 46.8 Å². The molecule has 22 heteroatoms. The van der Waals surface area contributed by atoms with E-state index < -0.39 is 73.1 Å². The SMILES string of the molecule is CC[NH+](CC)c1ccccc1.[O-]B([O-])Oc1cc(C(F)(F)F)cc(C(F)(F)F)c1.[O-]B([O-])Oc1cc(C(F)(F)F)cc(C(F)(F)F)c1.[Ru+3]. The van der Waals surface area contributed by atoms with Crippen LogP contribution in [0.5, 0.6) is 11.5 Å². The van der Waals surface area contributed by atoms with Gasteiger partial charge < -0.3 is 34.3 Å². The van der Waals surface area contributed by atoms with Gasteiger partial charge in [0.1, 0.15) is 20.3 Å². The molecule has 3 aromatic rings. The number of para-hydroxylation sites is 1. The Bertz CT molecular complexity index is 1240. The van der Waals surface area contributed by atoms with E-state index in [9.17, 15) is 72.8 Å². The van der Waals surface area contributed by atoms with Crippen molar-refractivity contribution in [2.45, 2.75) is 38.6 Å². The van der Waals surface area contributed by atoms with Crippen molar-refractivity contribution in [3.8, 4) is 11.5 Å². The van der Waals surface area contributed by atoms with Crippen LogP contribution in [0.25, 0.3) is 0 Å². The standard InChI is InChI=1S/C10H15N.2C8H3BF6O3.Ru/c1-3-11(4-2)10-8-6-5-7-9-10;2*10-7(11,12)4-1-5(8(13,14)15)3-6(2-4)18-9(16)17;/h5-9H,3-4H2,1-2H3;2*1-3H;/q;2*-2;+3/p+1. The maximum Gasteiger partial charge on any atom is 3.00 e. The average molecular weight is 795 g/mol. The quantitative estimate of drug-likeness (QED) is 0.291. The molecule has 0 heterocycles. The van der Waals surface area contributed by atoms with Gasteiger partial charge in [0, 0.05) is 0 Å². The van der Waals surface area contributed by atoms with Gasteiger partial charge in [-0.15, -0.1) is 0 Å². The summed E-state index contributed by atoms with van der Waals surface area (Å²) < 4.78 is 155. The first-order valence-corrected chi connectivity index (χ1v) is 12.8. The molecule has 1 radical (unpaired) electrons. The van der Waals surface area contributed by atoms with E-state index in [-0.39, 0.29) is 55.9 Å². The minimum absolute atomic E-state index is 0. The van der Waals surface area contributed by atoms with Gasteiger partial charge in [0.25, 0.3) is 0 Å². The number of quaternary nitrogens is 1. The topological polar surface area (TPSA) is 115 Å². The van der Waals surface area contributed by atoms with Crippen molar-refractivity contribution in [1.29, 1.82) is 0 Å². The van der Waals surface area contributed by atoms with Gasteiger partial charge in [-0.3, -0.25) is 0 Å². The van der Waals surface area contributed by atoms with Crippen LogP contribution in [0, 0.1) is 0 Å². The molecular formula is C26H22B2F12NO6Ru. The van der Waals surface area contributed by atoms with Crippen LogP contribution in [-0.2, 0) is 44.2 Å². The number of nitrogens with one attached hydrogen (secondary N) is 1. The average Bonchev–Trinajstić information content (AvgIpc) is 2.92. The van der Waals surface area contributed by atoms with Crippen LogP contribution in [0.3, 0.4) is 0 Å². The molecule has 0 aromatic heterocycles. The molecule has 0 atom stereocenters. The van der Waals surface area contributed by atoms with Crippen LogP contribution in [-0.4, -0.2) is 27.7 Å². The first-order valence-electron chi connectivity index (χ1n) is 12.8. The summed E-state index contributed by atoms with van der Waals surface area (Å²) in [7, 11) is -6.04. The van der Waals surface area contributed by atoms with Crippen molar-refractivity contribution in [2.75, 3.05) is 13.1 Å². The molecule has 7 nitrogen and oxygen atoms in total. The summed E-state index contributed by atoms with van der Waals surface area (Å²) in [5.41, 5.74) is -5.24. The summed E-state index contributed by atoms with van der Waals surface area (Å²) in [6.07, 6.45) is -20.2. The molecule has 0 saturated heterocycles. The van der Waals surface area contributed by atoms with Crippen LogP contribution < -0.4 is 34.3 Å². The third kappa shape index (κ3) is 15.9. The number of hydrogen-bond acceptors (Lipinski definition) is 6. The van der Waals surface area contributed by atoms with E-state index in [1.807, 2.05) is 0 Å². The van der Waals surface area contributed by atoms with Gasteiger partial charge >= 0.3 is 44.2 Å². The molecule has 0 spiro atoms. The van der Waals surface area contributed by atoms with Gasteiger partial charge in [-0.25, -0.2) is 0 Å². The van der Waals surface area contributed by atoms with Gasteiger partial charge in [0.15, 0.2) is 0 Å². The normalized spacial score (nSPS) is 11.7. The number of hydrogen-bond donors (Lipinski definition) is 1. The molecule has 0 aliphatic heterocycles. The maximum atomic E-state index is 12.3. The smallest absolute Gasteiger partial charge is 0.860 e. The summed E-state index contributed by atoms with van der Waals surface area (Å²) in [6.45, 7) is 6.76. The molecule has 0 aliphatic carbocycles. The summed E-state index contributed by atoms with van der Waals surface area (Å²) in [6, 6.07) is 10.9. The van der Waals surface area contributed by atoms with Crippen molar-refractivity contribution < 1.29 is 106 Å². The van der Waals surface area contributed by atoms with Gasteiger partial charge in [-0.1, -0.05) is 18.2 Å². The number of alkyl halides is 12. The van der Waals surface area contributed by atoms with Crippen LogP contribution in [0.4, 0.5) is 58.4 Å². The Kier molecular flexibility index (Phi) is 17.5. The predicted octanol–water partition coefficient (Wildman–Crippen LogP) is 2.86. The van der Waals surface area contributed by atoms with E-state index in [4.69, 9.17) is 0 Å². The maximum absolute atomic E-state index is 12.3. The van der Waals surface area contributed by atoms with E-state index in [1.54, 1.807) is 4.90 Å². The molecule has 0 bridgehead atoms. The van der Waals surface area contributed by atoms with E-state index >= 15 is 0 Å². The molecule has 0 saturated carbocycles. The van der Waals surface area contributed by atoms with E-state index in [2.05, 4.69) is 53.5 Å². The van der Waals surface area contributed by atoms with Gasteiger partial charge in [0.2, 0.25) is 0 Å². The Hall–Kier alpha value is -3.03. The summed E-state index contributed by atoms with van der Waals surface area (Å²) in [4.78, 5) is 1.55. The van der Waals surface area contributed by atoms with Crippen LogP contribution >= 0.6 is 0 Å². The Morgan fingerprint density at radius 2 is 0.792 bits per heavy atom. The number of benzene rings is 3. The van der Waals surface area contributed by atoms with Gasteiger partial charge in [-0.05, 0) is 62.4 Å². The van der Waals surface area contributed by atoms with E-state index in [0.29, 0.717) is 0 Å². The van der Waals surface area contributed by atoms with Crippen LogP contribution in [0.15, 0.2) is 66.7 Å². The second-order valence-corrected chi connectivity index (χ2v) is 8.97. The van der Waals surface area contributed by atoms with Crippen molar-refractivity contribution >= 4 is 20.3 Å². The Balaban J connectivity index is 0.000000704. The molecule has 0 amide bonds. The fourth-order valence-electron chi connectivity index (χ4n) is 3.54. The number of rotatable bonds is 7. The number of halogens is 12. The van der Waals surface area contributed by atoms with Crippen molar-refractivity contribution in [3.05, 3.63) is 89.0 Å². The second-order valence-electron chi connectivity index (χ2n) is 8.97. The summed E-state index contributed by atoms with van der Waals surface area (Å²) >= 11 is 0. The molecule has 0 aliphatic rings. The summed E-state index contributed by atoms with van der Waals surface area (Å²) in [5.74, 6) is -2.15. The first-order chi connectivity index (χ1) is 21.4. The molecule has 3 aromatic carbocycles. The van der Waals surface area contributed by atoms with Crippen molar-refractivity contribution in [1.82, 2.24) is 0 Å². The Labute approximate surface area is 278 Å². The molecule has 265 valence electrons. The molecule has 0 unspecified atom stereocenters. The summed E-state index contributed by atoms with van der Waals surface area (Å²) in [5, 5.41) is 40.3. The zero-order valence-electron chi connectivity index (χ0n) is 24.3. The third-order valence-corrected chi connectivity index (χ3v) is 5.62. The monoisotopic (exact) mass is 796 g/mol. The predicted molar refractivity (Wildman–Crippen MR) is 134 cm³/mol. The van der Waals surface area contributed by atoms with Crippen molar-refractivity contribution in [2.24, 2.45) is 0 Å². The second kappa shape index (κ2) is 18.7. The van der Waals surface area contributed by atoms with Crippen LogP contribution in [0.2, 0.25) is 0 Å². The van der Waals surface area contributed by atoms with E-state index in [1.165, 1.54) is 18.8 Å². The Morgan fingerprint density at radius 3 is 1.00 bits per heavy atom. The van der Waals surface area contributed by atoms with Crippen LogP contribution in [0.1, 0.15) is 36.1 Å². The fourth-order valence-corrected chi connectivity index (χ4v) is 3.54. The molecule has 48 heavy (non-hydrogen) atoms. The third-order valence-electron chi connectivity index (χ3n) is 5.62. The fraction of sp³-hybridized carbons (Fsp3) is 0.308. The van der Waals surface area contributed by atoms with Crippen molar-refractivity contribution in [3.63, 3.8) is 0 Å². The molecular weight excluding hydrogens is 773 g/mol. The largest absolute Gasteiger partial charge is 3.00 e. The zero-order chi connectivity index (χ0) is 36.4. The minimum atomic E-state index is -5.05. The van der Waals surface area contributed by atoms with Gasteiger partial charge in [-0.2, -0.15) is 52.7 Å². The zero-order valence-corrected chi connectivity index (χ0v) is 26.0. The minimum Gasteiger partial charge on any atom is -0.860 e.